The van der Waals surface area contributed by atoms with E-state index in [1.165, 1.54) is 36.1 Å². The van der Waals surface area contributed by atoms with Gasteiger partial charge in [-0.2, -0.15) is 0 Å². The Morgan fingerprint density at radius 2 is 1.85 bits per heavy atom. The molecule has 0 saturated carbocycles. The van der Waals surface area contributed by atoms with Crippen LogP contribution >= 0.6 is 0 Å². The molecule has 27 heavy (non-hydrogen) atoms. The van der Waals surface area contributed by atoms with Crippen molar-refractivity contribution >= 4 is 11.7 Å². The lowest BCUT2D eigenvalue weighted by Crippen LogP contribution is -2.40. The minimum atomic E-state index is -0.961. The van der Waals surface area contributed by atoms with Crippen molar-refractivity contribution in [3.05, 3.63) is 90.1 Å². The van der Waals surface area contributed by atoms with Crippen molar-refractivity contribution in [1.82, 2.24) is 4.98 Å². The second-order valence-corrected chi connectivity index (χ2v) is 5.93. The number of hydrogen-bond donors (Lipinski definition) is 0. The summed E-state index contributed by atoms with van der Waals surface area (Å²) in [5, 5.41) is 0. The Bertz CT molecular complexity index is 919. The molecule has 0 fully saturated rings. The Morgan fingerprint density at radius 3 is 2.56 bits per heavy atom. The first-order valence-corrected chi connectivity index (χ1v) is 8.42. The first-order valence-electron chi connectivity index (χ1n) is 8.42. The Hall–Kier alpha value is -3.28. The molecule has 0 aliphatic heterocycles. The van der Waals surface area contributed by atoms with Crippen molar-refractivity contribution in [1.29, 1.82) is 0 Å². The third-order valence-electron chi connectivity index (χ3n) is 3.91. The number of carbonyl (C=O) groups excluding carboxylic acids is 1. The number of nitrogens with zero attached hydrogens (tertiary/aromatic N) is 2. The number of benzene rings is 2. The lowest BCUT2D eigenvalue weighted by molar-refractivity contribution is -0.124. The summed E-state index contributed by atoms with van der Waals surface area (Å²) in [6.45, 7) is 1.65. The van der Waals surface area contributed by atoms with E-state index in [0.717, 1.165) is 0 Å². The second kappa shape index (κ2) is 8.40. The van der Waals surface area contributed by atoms with Crippen molar-refractivity contribution in [3.8, 4) is 5.75 Å². The van der Waals surface area contributed by atoms with Crippen molar-refractivity contribution in [3.63, 3.8) is 0 Å². The van der Waals surface area contributed by atoms with E-state index in [9.17, 15) is 13.6 Å². The second-order valence-electron chi connectivity index (χ2n) is 5.93. The van der Waals surface area contributed by atoms with Gasteiger partial charge in [0.15, 0.2) is 17.7 Å². The number of anilines is 1. The first kappa shape index (κ1) is 18.5. The van der Waals surface area contributed by atoms with Crippen LogP contribution in [0.5, 0.6) is 5.75 Å². The summed E-state index contributed by atoms with van der Waals surface area (Å²) in [7, 11) is 0. The third-order valence-corrected chi connectivity index (χ3v) is 3.91. The van der Waals surface area contributed by atoms with Gasteiger partial charge in [-0.25, -0.2) is 13.8 Å². The Kier molecular flexibility index (Phi) is 5.76. The fraction of sp³-hybridized carbons (Fsp3) is 0.143. The summed E-state index contributed by atoms with van der Waals surface area (Å²) >= 11 is 0. The van der Waals surface area contributed by atoms with Crippen LogP contribution in [0.1, 0.15) is 12.5 Å². The molecule has 0 saturated heterocycles. The minimum absolute atomic E-state index is 0.00919. The molecular formula is C21H18F2N2O2. The molecule has 0 spiro atoms. The topological polar surface area (TPSA) is 42.4 Å². The monoisotopic (exact) mass is 368 g/mol. The first-order chi connectivity index (χ1) is 13.0. The molecule has 0 N–H and O–H groups in total. The number of pyridine rings is 1. The van der Waals surface area contributed by atoms with Crippen LogP contribution in [0.25, 0.3) is 0 Å². The maximum atomic E-state index is 13.8. The molecule has 3 rings (SSSR count). The molecule has 138 valence electrons. The van der Waals surface area contributed by atoms with Gasteiger partial charge >= 0.3 is 0 Å². The van der Waals surface area contributed by atoms with Gasteiger partial charge in [-0.3, -0.25) is 9.69 Å². The van der Waals surface area contributed by atoms with E-state index in [1.54, 1.807) is 48.7 Å². The summed E-state index contributed by atoms with van der Waals surface area (Å²) < 4.78 is 32.9. The van der Waals surface area contributed by atoms with E-state index in [0.29, 0.717) is 11.4 Å². The van der Waals surface area contributed by atoms with Crippen LogP contribution in [0.4, 0.5) is 14.6 Å². The van der Waals surface area contributed by atoms with Crippen LogP contribution in [-0.4, -0.2) is 17.0 Å². The molecule has 3 aromatic rings. The van der Waals surface area contributed by atoms with E-state index in [1.807, 2.05) is 0 Å². The normalized spacial score (nSPS) is 11.7. The number of para-hydroxylation sites is 1. The van der Waals surface area contributed by atoms with Crippen molar-refractivity contribution in [2.75, 3.05) is 4.90 Å². The molecule has 1 aromatic heterocycles. The van der Waals surface area contributed by atoms with Crippen LogP contribution in [0.3, 0.4) is 0 Å². The highest BCUT2D eigenvalue weighted by Crippen LogP contribution is 2.21. The maximum Gasteiger partial charge on any atom is 0.269 e. The molecule has 0 aliphatic rings. The van der Waals surface area contributed by atoms with Crippen LogP contribution in [0.2, 0.25) is 0 Å². The number of carbonyl (C=O) groups is 1. The van der Waals surface area contributed by atoms with Gasteiger partial charge in [0.2, 0.25) is 0 Å². The molecule has 6 heteroatoms. The predicted molar refractivity (Wildman–Crippen MR) is 98.3 cm³/mol. The van der Waals surface area contributed by atoms with Crippen molar-refractivity contribution < 1.29 is 18.3 Å². The standard InChI is InChI=1S/C21H18F2N2O2/c1-15(27-19-10-3-2-9-18(19)23)21(26)25(20-11-4-5-12-24-20)14-16-7-6-8-17(22)13-16/h2-13,15H,14H2,1H3/t15-/m0/s1. The highest BCUT2D eigenvalue weighted by Gasteiger charge is 2.25. The van der Waals surface area contributed by atoms with E-state index < -0.39 is 23.6 Å². The van der Waals surface area contributed by atoms with E-state index in [2.05, 4.69) is 4.98 Å². The van der Waals surface area contributed by atoms with Gasteiger partial charge in [-0.15, -0.1) is 0 Å². The van der Waals surface area contributed by atoms with Crippen molar-refractivity contribution in [2.24, 2.45) is 0 Å². The number of hydrogen-bond acceptors (Lipinski definition) is 3. The van der Waals surface area contributed by atoms with Gasteiger partial charge in [0.1, 0.15) is 11.6 Å². The number of ether oxygens (including phenoxy) is 1. The van der Waals surface area contributed by atoms with Crippen LogP contribution < -0.4 is 9.64 Å². The Labute approximate surface area is 156 Å². The maximum absolute atomic E-state index is 13.8. The predicted octanol–water partition coefficient (Wildman–Crippen LogP) is 4.36. The summed E-state index contributed by atoms with van der Waals surface area (Å²) in [5.41, 5.74) is 0.604. The van der Waals surface area contributed by atoms with Gasteiger partial charge < -0.3 is 4.74 Å². The molecule has 0 bridgehead atoms. The highest BCUT2D eigenvalue weighted by molar-refractivity contribution is 5.95. The van der Waals surface area contributed by atoms with Gasteiger partial charge in [-0.1, -0.05) is 30.3 Å². The quantitative estimate of drug-likeness (QED) is 0.649. The van der Waals surface area contributed by atoms with Gasteiger partial charge in [0.05, 0.1) is 6.54 Å². The Balaban J connectivity index is 1.85. The van der Waals surface area contributed by atoms with E-state index in [4.69, 9.17) is 4.74 Å². The zero-order chi connectivity index (χ0) is 19.2. The molecule has 1 heterocycles. The smallest absolute Gasteiger partial charge is 0.269 e. The lowest BCUT2D eigenvalue weighted by atomic mass is 10.2. The fourth-order valence-electron chi connectivity index (χ4n) is 2.60. The average molecular weight is 368 g/mol. The SMILES string of the molecule is C[C@H](Oc1ccccc1F)C(=O)N(Cc1cccc(F)c1)c1ccccn1. The molecule has 2 aromatic carbocycles. The number of aromatic nitrogens is 1. The fourth-order valence-corrected chi connectivity index (χ4v) is 2.60. The molecule has 0 unspecified atom stereocenters. The van der Waals surface area contributed by atoms with Crippen LogP contribution in [0.15, 0.2) is 72.9 Å². The molecule has 0 radical (unpaired) electrons. The molecule has 1 amide bonds. The van der Waals surface area contributed by atoms with Crippen molar-refractivity contribution in [2.45, 2.75) is 19.6 Å². The number of amides is 1. The van der Waals surface area contributed by atoms with Gasteiger partial charge in [-0.05, 0) is 48.9 Å². The lowest BCUT2D eigenvalue weighted by Gasteiger charge is -2.25. The summed E-state index contributed by atoms with van der Waals surface area (Å²) in [5.74, 6) is -0.967. The van der Waals surface area contributed by atoms with Crippen LogP contribution in [-0.2, 0) is 11.3 Å². The highest BCUT2D eigenvalue weighted by atomic mass is 19.1. The molecular weight excluding hydrogens is 350 g/mol. The molecule has 1 atom stereocenters. The summed E-state index contributed by atoms with van der Waals surface area (Å²) in [6.07, 6.45) is 0.598. The molecule has 4 nitrogen and oxygen atoms in total. The summed E-state index contributed by atoms with van der Waals surface area (Å²) in [4.78, 5) is 18.6. The average Bonchev–Trinajstić information content (AvgIpc) is 2.68. The third kappa shape index (κ3) is 4.67. The Morgan fingerprint density at radius 1 is 1.07 bits per heavy atom. The molecule has 0 aliphatic carbocycles. The minimum Gasteiger partial charge on any atom is -0.478 e. The van der Waals surface area contributed by atoms with E-state index >= 15 is 0 Å². The number of halogens is 2. The zero-order valence-corrected chi connectivity index (χ0v) is 14.7. The van der Waals surface area contributed by atoms with E-state index in [-0.39, 0.29) is 12.3 Å². The van der Waals surface area contributed by atoms with Gasteiger partial charge in [0, 0.05) is 6.20 Å². The number of rotatable bonds is 6. The zero-order valence-electron chi connectivity index (χ0n) is 14.7. The van der Waals surface area contributed by atoms with Gasteiger partial charge in [0.25, 0.3) is 5.91 Å². The summed E-state index contributed by atoms with van der Waals surface area (Å²) in [6, 6.07) is 17.0. The van der Waals surface area contributed by atoms with Crippen LogP contribution in [0, 0.1) is 11.6 Å². The largest absolute Gasteiger partial charge is 0.478 e.